The first-order valence-corrected chi connectivity index (χ1v) is 10.2. The molecule has 1 aromatic carbocycles. The average Bonchev–Trinajstić information content (AvgIpc) is 3.34. The van der Waals surface area contributed by atoms with Crippen molar-refractivity contribution in [1.82, 2.24) is 10.2 Å². The van der Waals surface area contributed by atoms with Crippen molar-refractivity contribution in [2.24, 2.45) is 11.3 Å². The fraction of sp³-hybridized carbons (Fsp3) is 0.583. The molecule has 0 radical (unpaired) electrons. The van der Waals surface area contributed by atoms with Crippen LogP contribution in [0.25, 0.3) is 6.08 Å². The first kappa shape index (κ1) is 19.2. The lowest BCUT2D eigenvalue weighted by atomic mass is 9.90. The summed E-state index contributed by atoms with van der Waals surface area (Å²) in [5.74, 6) is 0.726. The number of nitrogens with zero attached hydrogens (tertiary/aromatic N) is 1. The molecule has 1 aromatic rings. The van der Waals surface area contributed by atoms with E-state index in [1.807, 2.05) is 0 Å². The van der Waals surface area contributed by atoms with Gasteiger partial charge in [0, 0.05) is 30.9 Å². The second-order valence-electron chi connectivity index (χ2n) is 9.48. The quantitative estimate of drug-likeness (QED) is 0.729. The number of likely N-dealkylation sites (tertiary alicyclic amines) is 1. The van der Waals surface area contributed by atoms with E-state index in [0.717, 1.165) is 25.4 Å². The molecule has 1 aliphatic heterocycles. The smallest absolute Gasteiger partial charge is 0.0189 e. The van der Waals surface area contributed by atoms with Crippen LogP contribution < -0.4 is 5.32 Å². The summed E-state index contributed by atoms with van der Waals surface area (Å²) in [6.07, 6.45) is 7.23. The second-order valence-corrected chi connectivity index (χ2v) is 9.48. The Labute approximate surface area is 160 Å². The van der Waals surface area contributed by atoms with E-state index >= 15 is 0 Å². The minimum absolute atomic E-state index is 0.329. The fourth-order valence-corrected chi connectivity index (χ4v) is 4.19. The van der Waals surface area contributed by atoms with Crippen LogP contribution in [0.1, 0.15) is 58.9 Å². The number of hydrogen-bond donors (Lipinski definition) is 1. The molecule has 2 aliphatic rings. The van der Waals surface area contributed by atoms with Gasteiger partial charge in [-0.05, 0) is 49.5 Å². The molecular formula is C24H36N2. The number of benzene rings is 1. The van der Waals surface area contributed by atoms with E-state index in [4.69, 9.17) is 0 Å². The molecule has 0 aromatic heterocycles. The number of nitrogens with one attached hydrogen (secondary N) is 1. The van der Waals surface area contributed by atoms with Crippen molar-refractivity contribution in [3.05, 3.63) is 53.7 Å². The van der Waals surface area contributed by atoms with E-state index in [9.17, 15) is 0 Å². The van der Waals surface area contributed by atoms with Crippen LogP contribution in [0.15, 0.2) is 48.2 Å². The standard InChI is InChI=1S/C24H36N2/c1-18(15-20-9-7-6-8-10-20)22-16-23(22)25-21-11-13-26(14-12-21)19(2)17-24(3,4)5/h6-10,15,21-23,25H,2,11-14,16-17H2,1,3-5H3/b18-15+. The molecule has 1 heterocycles. The van der Waals surface area contributed by atoms with Crippen molar-refractivity contribution in [2.45, 2.75) is 65.5 Å². The lowest BCUT2D eigenvalue weighted by Gasteiger charge is -2.37. The predicted molar refractivity (Wildman–Crippen MR) is 113 cm³/mol. The Morgan fingerprint density at radius 2 is 1.85 bits per heavy atom. The summed E-state index contributed by atoms with van der Waals surface area (Å²) >= 11 is 0. The Balaban J connectivity index is 1.42. The van der Waals surface area contributed by atoms with Crippen molar-refractivity contribution in [1.29, 1.82) is 0 Å². The zero-order valence-corrected chi connectivity index (χ0v) is 17.1. The minimum Gasteiger partial charge on any atom is -0.375 e. The molecule has 2 nitrogen and oxygen atoms in total. The summed E-state index contributed by atoms with van der Waals surface area (Å²) in [5.41, 5.74) is 4.49. The molecule has 3 rings (SSSR count). The molecule has 0 amide bonds. The summed E-state index contributed by atoms with van der Waals surface area (Å²) in [6, 6.07) is 12.0. The third-order valence-electron chi connectivity index (χ3n) is 5.70. The van der Waals surface area contributed by atoms with E-state index in [1.165, 1.54) is 36.1 Å². The van der Waals surface area contributed by atoms with E-state index in [0.29, 0.717) is 17.5 Å². The molecule has 2 heteroatoms. The summed E-state index contributed by atoms with van der Waals surface area (Å²) in [4.78, 5) is 2.51. The van der Waals surface area contributed by atoms with E-state index < -0.39 is 0 Å². The van der Waals surface area contributed by atoms with Crippen LogP contribution in [0, 0.1) is 11.3 Å². The van der Waals surface area contributed by atoms with Gasteiger partial charge in [-0.1, -0.05) is 69.3 Å². The van der Waals surface area contributed by atoms with Gasteiger partial charge >= 0.3 is 0 Å². The molecule has 26 heavy (non-hydrogen) atoms. The predicted octanol–water partition coefficient (Wildman–Crippen LogP) is 5.48. The number of hydrogen-bond acceptors (Lipinski definition) is 2. The van der Waals surface area contributed by atoms with Crippen molar-refractivity contribution >= 4 is 6.08 Å². The molecule has 2 fully saturated rings. The van der Waals surface area contributed by atoms with Crippen LogP contribution >= 0.6 is 0 Å². The van der Waals surface area contributed by atoms with Gasteiger partial charge in [-0.2, -0.15) is 0 Å². The van der Waals surface area contributed by atoms with E-state index in [-0.39, 0.29) is 0 Å². The maximum atomic E-state index is 4.34. The molecule has 0 spiro atoms. The van der Waals surface area contributed by atoms with Gasteiger partial charge in [-0.3, -0.25) is 0 Å². The highest BCUT2D eigenvalue weighted by atomic mass is 15.2. The monoisotopic (exact) mass is 352 g/mol. The van der Waals surface area contributed by atoms with Gasteiger partial charge in [0.2, 0.25) is 0 Å². The van der Waals surface area contributed by atoms with Gasteiger partial charge in [0.25, 0.3) is 0 Å². The van der Waals surface area contributed by atoms with Crippen LogP contribution in [0.4, 0.5) is 0 Å². The first-order chi connectivity index (χ1) is 12.3. The lowest BCUT2D eigenvalue weighted by molar-refractivity contribution is 0.219. The van der Waals surface area contributed by atoms with Crippen LogP contribution in [0.3, 0.4) is 0 Å². The zero-order chi connectivity index (χ0) is 18.7. The molecule has 1 saturated carbocycles. The average molecular weight is 353 g/mol. The van der Waals surface area contributed by atoms with Gasteiger partial charge in [0.15, 0.2) is 0 Å². The lowest BCUT2D eigenvalue weighted by Crippen LogP contribution is -2.43. The molecule has 2 unspecified atom stereocenters. The summed E-state index contributed by atoms with van der Waals surface area (Å²) in [5, 5.41) is 3.92. The Hall–Kier alpha value is -1.54. The van der Waals surface area contributed by atoms with E-state index in [1.54, 1.807) is 0 Å². The molecule has 2 atom stereocenters. The van der Waals surface area contributed by atoms with Crippen LogP contribution in [0.5, 0.6) is 0 Å². The summed E-state index contributed by atoms with van der Waals surface area (Å²) in [7, 11) is 0. The molecule has 1 N–H and O–H groups in total. The maximum absolute atomic E-state index is 4.34. The highest BCUT2D eigenvalue weighted by molar-refractivity contribution is 5.53. The Bertz CT molecular complexity index is 630. The third-order valence-corrected chi connectivity index (χ3v) is 5.70. The first-order valence-electron chi connectivity index (χ1n) is 10.2. The molecule has 1 saturated heterocycles. The molecular weight excluding hydrogens is 316 g/mol. The third kappa shape index (κ3) is 5.48. The highest BCUT2D eigenvalue weighted by Crippen LogP contribution is 2.39. The van der Waals surface area contributed by atoms with Crippen molar-refractivity contribution in [3.63, 3.8) is 0 Å². The molecule has 142 valence electrons. The van der Waals surface area contributed by atoms with E-state index in [2.05, 4.69) is 80.9 Å². The number of rotatable bonds is 6. The summed E-state index contributed by atoms with van der Waals surface area (Å²) < 4.78 is 0. The SMILES string of the molecule is C=C(CC(C)(C)C)N1CCC(NC2CC2/C(C)=C/c2ccccc2)CC1. The van der Waals surface area contributed by atoms with Gasteiger partial charge in [-0.25, -0.2) is 0 Å². The van der Waals surface area contributed by atoms with Gasteiger partial charge in [0.05, 0.1) is 0 Å². The minimum atomic E-state index is 0.329. The maximum Gasteiger partial charge on any atom is 0.0189 e. The number of piperidine rings is 1. The highest BCUT2D eigenvalue weighted by Gasteiger charge is 2.39. The largest absolute Gasteiger partial charge is 0.375 e. The summed E-state index contributed by atoms with van der Waals surface area (Å²) in [6.45, 7) is 15.8. The van der Waals surface area contributed by atoms with Crippen molar-refractivity contribution in [3.8, 4) is 0 Å². The fourth-order valence-electron chi connectivity index (χ4n) is 4.19. The Morgan fingerprint density at radius 3 is 2.46 bits per heavy atom. The van der Waals surface area contributed by atoms with Crippen LogP contribution in [-0.4, -0.2) is 30.1 Å². The second kappa shape index (κ2) is 8.00. The number of allylic oxidation sites excluding steroid dienone is 1. The van der Waals surface area contributed by atoms with Gasteiger partial charge in [-0.15, -0.1) is 0 Å². The van der Waals surface area contributed by atoms with Gasteiger partial charge in [0.1, 0.15) is 0 Å². The van der Waals surface area contributed by atoms with Crippen LogP contribution in [-0.2, 0) is 0 Å². The Kier molecular flexibility index (Phi) is 5.92. The molecule has 1 aliphatic carbocycles. The van der Waals surface area contributed by atoms with Crippen molar-refractivity contribution in [2.75, 3.05) is 13.1 Å². The molecule has 0 bridgehead atoms. The topological polar surface area (TPSA) is 15.3 Å². The van der Waals surface area contributed by atoms with Crippen LogP contribution in [0.2, 0.25) is 0 Å². The zero-order valence-electron chi connectivity index (χ0n) is 17.1. The Morgan fingerprint density at radius 1 is 1.19 bits per heavy atom. The normalized spacial score (nSPS) is 24.6. The van der Waals surface area contributed by atoms with Crippen molar-refractivity contribution < 1.29 is 0 Å². The van der Waals surface area contributed by atoms with Gasteiger partial charge < -0.3 is 10.2 Å².